The second-order valence-electron chi connectivity index (χ2n) is 6.71. The van der Waals surface area contributed by atoms with Crippen molar-refractivity contribution in [3.8, 4) is 17.3 Å². The van der Waals surface area contributed by atoms with Crippen LogP contribution in [0.2, 0.25) is 0 Å². The zero-order valence-corrected chi connectivity index (χ0v) is 16.1. The van der Waals surface area contributed by atoms with Gasteiger partial charge in [-0.1, -0.05) is 24.8 Å². The van der Waals surface area contributed by atoms with Crippen molar-refractivity contribution < 1.29 is 4.74 Å². The van der Waals surface area contributed by atoms with Gasteiger partial charge in [-0.2, -0.15) is 20.1 Å². The summed E-state index contributed by atoms with van der Waals surface area (Å²) in [5.74, 6) is 1.63. The van der Waals surface area contributed by atoms with Crippen LogP contribution in [-0.4, -0.2) is 51.0 Å². The van der Waals surface area contributed by atoms with E-state index in [0.717, 1.165) is 35.6 Å². The van der Waals surface area contributed by atoms with Crippen LogP contribution in [0.3, 0.4) is 0 Å². The minimum absolute atomic E-state index is 0.481. The van der Waals surface area contributed by atoms with Crippen molar-refractivity contribution in [1.82, 2.24) is 24.7 Å². The third-order valence-corrected chi connectivity index (χ3v) is 4.69. The first kappa shape index (κ1) is 18.1. The molecule has 0 saturated carbocycles. The lowest BCUT2D eigenvalue weighted by atomic mass is 10.0. The van der Waals surface area contributed by atoms with Crippen molar-refractivity contribution in [1.29, 1.82) is 0 Å². The van der Waals surface area contributed by atoms with Crippen LogP contribution in [0.25, 0.3) is 23.4 Å². The van der Waals surface area contributed by atoms with Crippen molar-refractivity contribution >= 4 is 17.7 Å². The number of rotatable bonds is 4. The van der Waals surface area contributed by atoms with Crippen molar-refractivity contribution in [3.05, 3.63) is 47.8 Å². The summed E-state index contributed by atoms with van der Waals surface area (Å²) < 4.78 is 7.21. The fourth-order valence-electron chi connectivity index (χ4n) is 3.31. The number of nitrogen functional groups attached to an aromatic ring is 1. The Kier molecular flexibility index (Phi) is 4.79. The molecular weight excluding hydrogens is 354 g/mol. The Hall–Kier alpha value is -3.26. The Morgan fingerprint density at radius 1 is 1.11 bits per heavy atom. The molecule has 2 N–H and O–H groups in total. The molecule has 1 aliphatic heterocycles. The van der Waals surface area contributed by atoms with Gasteiger partial charge in [0.15, 0.2) is 5.82 Å². The molecule has 0 aliphatic carbocycles. The van der Waals surface area contributed by atoms with E-state index in [4.69, 9.17) is 25.4 Å². The summed E-state index contributed by atoms with van der Waals surface area (Å²) in [6, 6.07) is 7.66. The number of aryl methyl sites for hydroxylation is 2. The summed E-state index contributed by atoms with van der Waals surface area (Å²) in [5, 5.41) is 4.54. The molecule has 3 aromatic rings. The summed E-state index contributed by atoms with van der Waals surface area (Å²) in [7, 11) is 0. The van der Waals surface area contributed by atoms with Gasteiger partial charge in [0.1, 0.15) is 0 Å². The summed E-state index contributed by atoms with van der Waals surface area (Å²) in [6.45, 7) is 10.6. The van der Waals surface area contributed by atoms with Crippen molar-refractivity contribution in [2.45, 2.75) is 13.8 Å². The summed E-state index contributed by atoms with van der Waals surface area (Å²) >= 11 is 0. The molecule has 8 nitrogen and oxygen atoms in total. The van der Waals surface area contributed by atoms with E-state index in [1.165, 1.54) is 0 Å². The largest absolute Gasteiger partial charge is 0.398 e. The van der Waals surface area contributed by atoms with Gasteiger partial charge in [-0.05, 0) is 26.0 Å². The highest BCUT2D eigenvalue weighted by atomic mass is 16.5. The van der Waals surface area contributed by atoms with Crippen LogP contribution in [0.15, 0.2) is 30.8 Å². The van der Waals surface area contributed by atoms with Crippen LogP contribution in [0.4, 0.5) is 11.6 Å². The van der Waals surface area contributed by atoms with E-state index >= 15 is 0 Å². The molecule has 1 aromatic carbocycles. The average Bonchev–Trinajstić information content (AvgIpc) is 3.06. The lowest BCUT2D eigenvalue weighted by molar-refractivity contribution is 0.122. The molecule has 0 amide bonds. The molecule has 0 bridgehead atoms. The monoisotopic (exact) mass is 377 g/mol. The maximum Gasteiger partial charge on any atom is 0.256 e. The number of aromatic nitrogens is 5. The van der Waals surface area contributed by atoms with E-state index in [9.17, 15) is 0 Å². The van der Waals surface area contributed by atoms with Crippen LogP contribution in [0.5, 0.6) is 0 Å². The second kappa shape index (κ2) is 7.40. The average molecular weight is 377 g/mol. The second-order valence-corrected chi connectivity index (χ2v) is 6.71. The normalized spacial score (nSPS) is 14.3. The van der Waals surface area contributed by atoms with Crippen LogP contribution in [0, 0.1) is 13.8 Å². The van der Waals surface area contributed by atoms with Crippen molar-refractivity contribution in [3.63, 3.8) is 0 Å². The SMILES string of the molecule is C=Cc1c(N)cccc1-c1nc(N2CCOCC2)nc(-n2nc(C)cc2C)n1. The molecule has 1 aliphatic rings. The van der Waals surface area contributed by atoms with E-state index in [0.29, 0.717) is 36.6 Å². The Balaban J connectivity index is 1.91. The minimum atomic E-state index is 0.481. The van der Waals surface area contributed by atoms with Gasteiger partial charge in [0.25, 0.3) is 5.95 Å². The molecule has 1 fully saturated rings. The third kappa shape index (κ3) is 3.34. The van der Waals surface area contributed by atoms with E-state index in [1.807, 2.05) is 38.1 Å². The summed E-state index contributed by atoms with van der Waals surface area (Å²) in [4.78, 5) is 16.2. The first-order valence-corrected chi connectivity index (χ1v) is 9.20. The molecule has 28 heavy (non-hydrogen) atoms. The minimum Gasteiger partial charge on any atom is -0.398 e. The van der Waals surface area contributed by atoms with Gasteiger partial charge >= 0.3 is 0 Å². The van der Waals surface area contributed by atoms with E-state index in [1.54, 1.807) is 10.8 Å². The maximum atomic E-state index is 6.14. The van der Waals surface area contributed by atoms with Gasteiger partial charge in [0.2, 0.25) is 5.95 Å². The predicted octanol–water partition coefficient (Wildman–Crippen LogP) is 2.40. The Morgan fingerprint density at radius 3 is 2.54 bits per heavy atom. The highest BCUT2D eigenvalue weighted by molar-refractivity contribution is 5.79. The maximum absolute atomic E-state index is 6.14. The first-order valence-electron chi connectivity index (χ1n) is 9.20. The lowest BCUT2D eigenvalue weighted by Gasteiger charge is -2.27. The standard InChI is InChI=1S/C20H23N7O/c1-4-15-16(6-5-7-17(15)21)18-22-19(26-8-10-28-11-9-26)24-20(23-18)27-14(3)12-13(2)25-27/h4-7,12H,1,8-11,21H2,2-3H3. The molecule has 0 radical (unpaired) electrons. The van der Waals surface area contributed by atoms with Crippen LogP contribution in [-0.2, 0) is 4.74 Å². The van der Waals surface area contributed by atoms with Gasteiger partial charge in [-0.25, -0.2) is 4.68 Å². The molecule has 1 saturated heterocycles. The molecule has 0 atom stereocenters. The summed E-state index contributed by atoms with van der Waals surface area (Å²) in [5.41, 5.74) is 10.3. The number of ether oxygens (including phenoxy) is 1. The third-order valence-electron chi connectivity index (χ3n) is 4.69. The summed E-state index contributed by atoms with van der Waals surface area (Å²) in [6.07, 6.45) is 1.73. The fourth-order valence-corrected chi connectivity index (χ4v) is 3.31. The van der Waals surface area contributed by atoms with Crippen LogP contribution in [0.1, 0.15) is 17.0 Å². The zero-order valence-electron chi connectivity index (χ0n) is 16.1. The van der Waals surface area contributed by atoms with Gasteiger partial charge < -0.3 is 15.4 Å². The highest BCUT2D eigenvalue weighted by Crippen LogP contribution is 2.28. The Bertz CT molecular complexity index is 1020. The molecule has 2 aromatic heterocycles. The number of morpholine rings is 1. The topological polar surface area (TPSA) is 95.0 Å². The van der Waals surface area contributed by atoms with Crippen molar-refractivity contribution in [2.24, 2.45) is 0 Å². The van der Waals surface area contributed by atoms with Crippen LogP contribution >= 0.6 is 0 Å². The molecular formula is C20H23N7O. The quantitative estimate of drug-likeness (QED) is 0.698. The molecule has 3 heterocycles. The van der Waals surface area contributed by atoms with Gasteiger partial charge in [-0.3, -0.25) is 0 Å². The predicted molar refractivity (Wildman–Crippen MR) is 109 cm³/mol. The van der Waals surface area contributed by atoms with Gasteiger partial charge in [-0.15, -0.1) is 0 Å². The van der Waals surface area contributed by atoms with Gasteiger partial charge in [0.05, 0.1) is 18.9 Å². The van der Waals surface area contributed by atoms with E-state index in [2.05, 4.69) is 16.6 Å². The molecule has 8 heteroatoms. The number of nitrogens with zero attached hydrogens (tertiary/aromatic N) is 6. The molecule has 0 spiro atoms. The van der Waals surface area contributed by atoms with Crippen molar-refractivity contribution in [2.75, 3.05) is 36.9 Å². The van der Waals surface area contributed by atoms with Gasteiger partial charge in [0, 0.05) is 35.6 Å². The zero-order chi connectivity index (χ0) is 19.7. The number of hydrogen-bond donors (Lipinski definition) is 1. The molecule has 4 rings (SSSR count). The number of nitrogens with two attached hydrogens (primary N) is 1. The Morgan fingerprint density at radius 2 is 1.86 bits per heavy atom. The molecule has 0 unspecified atom stereocenters. The Labute approximate surface area is 163 Å². The van der Waals surface area contributed by atoms with E-state index in [-0.39, 0.29) is 0 Å². The number of anilines is 2. The fraction of sp³-hybridized carbons (Fsp3) is 0.300. The number of benzene rings is 1. The number of hydrogen-bond acceptors (Lipinski definition) is 7. The highest BCUT2D eigenvalue weighted by Gasteiger charge is 2.20. The van der Waals surface area contributed by atoms with E-state index < -0.39 is 0 Å². The lowest BCUT2D eigenvalue weighted by Crippen LogP contribution is -2.37. The smallest absolute Gasteiger partial charge is 0.256 e. The van der Waals surface area contributed by atoms with Crippen LogP contribution < -0.4 is 10.6 Å². The molecule has 144 valence electrons. The first-order chi connectivity index (χ1) is 13.6.